The number of urea groups is 1. The molecule has 70 heavy (non-hydrogen) atoms. The fourth-order valence-electron chi connectivity index (χ4n) is 4.47. The van der Waals surface area contributed by atoms with E-state index in [1.54, 1.807) is 19.2 Å². The van der Waals surface area contributed by atoms with Crippen LogP contribution in [0.5, 0.6) is 11.8 Å². The molecule has 2 aromatic carbocycles. The number of aromatic nitrogens is 4. The largest absolute Gasteiger partial charge is 0.778 e. The van der Waals surface area contributed by atoms with Crippen molar-refractivity contribution < 1.29 is 97.1 Å². The number of hydrogen-bond donors (Lipinski definition) is 6. The van der Waals surface area contributed by atoms with Crippen molar-refractivity contribution in [3.63, 3.8) is 0 Å². The molecule has 388 valence electrons. The first kappa shape index (κ1) is 61.7. The number of carbonyl (C=O) groups is 4. The van der Waals surface area contributed by atoms with E-state index in [2.05, 4.69) is 38.2 Å². The van der Waals surface area contributed by atoms with Gasteiger partial charge in [-0.3, -0.25) is 24.8 Å². The Labute approximate surface area is 398 Å². The highest BCUT2D eigenvalue weighted by molar-refractivity contribution is 7.94. The van der Waals surface area contributed by atoms with Gasteiger partial charge < -0.3 is 38.8 Å². The third kappa shape index (κ3) is 22.0. The molecule has 0 saturated carbocycles. The summed E-state index contributed by atoms with van der Waals surface area (Å²) in [5.41, 5.74) is -4.65. The number of carboxylic acid groups (broad SMARTS) is 2. The SMILES string of the molecule is CC(C)OC(=O)c1cc(-n2c(=O)cc(C(F)(F)F)n(C)c2=O)ccc1Cl.C[S+](C)C.O=C(Nc1nc(OC(F)F)cc(OC(F)F)n1)NS(=O)(=O)c1ccccc1C(=O)O.O=C(O)CNCP(=O)([O-])O. The molecule has 0 fully saturated rings. The number of benzene rings is 2. The van der Waals surface area contributed by atoms with E-state index < -0.39 is 125 Å². The Hall–Kier alpha value is -6.31. The number of nitrogens with one attached hydrogen (secondary N) is 3. The quantitative estimate of drug-likeness (QED) is 0.0430. The van der Waals surface area contributed by atoms with Crippen LogP contribution in [-0.4, -0.2) is 117 Å². The monoisotopic (exact) mass is 1090 g/mol. The standard InChI is InChI=1S/C16H14ClF3N2O4.C14H10F4N4O7S.C3H8NO5P.C3H9S/c1-8(2)26-14(24)10-6-9(4-5-11(10)17)22-13(23)7-12(16(18,19)20)21(3)15(22)25;15-11(16)28-8-5-9(29-12(17)18)20-13(19-8)21-14(25)22-30(26,27)7-4-2-1-3-6(7)10(23)24;5-3(6)1-4-2-10(7,8)9;1-4(2)3/h4-8H,1-3H3;1-5,11-12H,(H,23,24)(H2,19,20,21,22,25);4H,1-2H2,(H,5,6)(H2,7,8,9);1-3H3/q;;;+1/p-1. The number of rotatable bonds is 15. The Morgan fingerprint density at radius 3 is 1.90 bits per heavy atom. The molecule has 1 unspecified atom stereocenters. The first-order valence-electron chi connectivity index (χ1n) is 18.4. The number of carboxylic acids is 2. The molecule has 2 amide bonds. The molecule has 0 spiro atoms. The summed E-state index contributed by atoms with van der Waals surface area (Å²) in [7, 11) is -7.53. The van der Waals surface area contributed by atoms with Crippen LogP contribution in [-0.2, 0) is 48.2 Å². The van der Waals surface area contributed by atoms with E-state index in [-0.39, 0.29) is 16.3 Å². The summed E-state index contributed by atoms with van der Waals surface area (Å²) in [6.07, 6.45) is 0.571. The predicted molar refractivity (Wildman–Crippen MR) is 231 cm³/mol. The van der Waals surface area contributed by atoms with Crippen LogP contribution in [0.4, 0.5) is 41.5 Å². The number of aromatic carboxylic acids is 1. The fourth-order valence-corrected chi connectivity index (χ4v) is 6.17. The normalized spacial score (nSPS) is 12.0. The second-order valence-electron chi connectivity index (χ2n) is 13.5. The summed E-state index contributed by atoms with van der Waals surface area (Å²) >= 11 is 5.94. The van der Waals surface area contributed by atoms with E-state index in [9.17, 15) is 77.4 Å². The van der Waals surface area contributed by atoms with E-state index in [4.69, 9.17) is 31.4 Å². The number of esters is 1. The van der Waals surface area contributed by atoms with Crippen molar-refractivity contribution in [1.82, 2.24) is 29.1 Å². The van der Waals surface area contributed by atoms with Crippen LogP contribution in [0.25, 0.3) is 5.69 Å². The van der Waals surface area contributed by atoms with E-state index in [0.29, 0.717) is 32.2 Å². The number of nitrogens with zero attached hydrogens (tertiary/aromatic N) is 4. The highest BCUT2D eigenvalue weighted by atomic mass is 35.5. The van der Waals surface area contributed by atoms with Crippen LogP contribution >= 0.6 is 19.2 Å². The number of anilines is 1. The third-order valence-electron chi connectivity index (χ3n) is 6.93. The smallest absolute Gasteiger partial charge is 0.431 e. The molecule has 0 saturated heterocycles. The fraction of sp³-hybridized carbons (Fsp3) is 0.333. The van der Waals surface area contributed by atoms with Gasteiger partial charge >= 0.3 is 49.0 Å². The number of alkyl halides is 7. The molecule has 0 aliphatic carbocycles. The Bertz CT molecular complexity index is 2730. The minimum absolute atomic E-state index is 0.0104. The number of amides is 2. The zero-order chi connectivity index (χ0) is 54.1. The van der Waals surface area contributed by atoms with Crippen molar-refractivity contribution in [3.05, 3.63) is 97.3 Å². The maximum absolute atomic E-state index is 12.9. The van der Waals surface area contributed by atoms with Gasteiger partial charge in [0.15, 0.2) is 0 Å². The summed E-state index contributed by atoms with van der Waals surface area (Å²) in [5, 5.41) is 20.7. The summed E-state index contributed by atoms with van der Waals surface area (Å²) in [6.45, 7) is -4.06. The molecule has 4 aromatic rings. The van der Waals surface area contributed by atoms with Gasteiger partial charge in [-0.25, -0.2) is 36.9 Å². The first-order valence-corrected chi connectivity index (χ1v) is 24.4. The second-order valence-corrected chi connectivity index (χ2v) is 19.6. The van der Waals surface area contributed by atoms with Crippen molar-refractivity contribution in [3.8, 4) is 17.4 Å². The lowest BCUT2D eigenvalue weighted by Crippen LogP contribution is -2.40. The molecule has 34 heteroatoms. The van der Waals surface area contributed by atoms with Gasteiger partial charge in [-0.15, -0.1) is 0 Å². The average molecular weight is 1090 g/mol. The summed E-state index contributed by atoms with van der Waals surface area (Å²) in [5.74, 6) is -6.42. The molecule has 2 aromatic heterocycles. The van der Waals surface area contributed by atoms with Crippen LogP contribution in [0.1, 0.15) is 40.3 Å². The number of aliphatic carboxylic acids is 1. The van der Waals surface area contributed by atoms with Gasteiger partial charge in [0.05, 0.1) is 65.6 Å². The molecular formula is C36H40ClF7N7O16PS2. The van der Waals surface area contributed by atoms with Gasteiger partial charge in [0.1, 0.15) is 18.2 Å². The van der Waals surface area contributed by atoms with Gasteiger partial charge in [-0.05, 0) is 55.1 Å². The molecule has 4 rings (SSSR count). The first-order chi connectivity index (χ1) is 32.1. The number of sulfonamides is 1. The molecule has 6 N–H and O–H groups in total. The van der Waals surface area contributed by atoms with Crippen molar-refractivity contribution in [1.29, 1.82) is 0 Å². The summed E-state index contributed by atoms with van der Waals surface area (Å²) in [6, 6.07) is 7.14. The molecule has 2 heterocycles. The lowest BCUT2D eigenvalue weighted by atomic mass is 10.2. The maximum atomic E-state index is 12.9. The van der Waals surface area contributed by atoms with Gasteiger partial charge in [-0.2, -0.15) is 40.7 Å². The second kappa shape index (κ2) is 27.2. The topological polar surface area (TPSA) is 337 Å². The number of carbonyl (C=O) groups excluding carboxylic acids is 2. The van der Waals surface area contributed by atoms with Crippen molar-refractivity contribution >= 4 is 70.0 Å². The number of ether oxygens (including phenoxy) is 3. The molecular weight excluding hydrogens is 1050 g/mol. The van der Waals surface area contributed by atoms with E-state index in [1.165, 1.54) is 29.0 Å². The Morgan fingerprint density at radius 2 is 1.44 bits per heavy atom. The minimum Gasteiger partial charge on any atom is -0.778 e. The summed E-state index contributed by atoms with van der Waals surface area (Å²) in [4.78, 5) is 93.1. The Balaban J connectivity index is 0.000000554. The Kier molecular flexibility index (Phi) is 24.0. The van der Waals surface area contributed by atoms with Gasteiger partial charge in [0.25, 0.3) is 15.6 Å². The minimum atomic E-state index is -4.86. The van der Waals surface area contributed by atoms with Crippen molar-refractivity contribution in [2.45, 2.75) is 44.2 Å². The summed E-state index contributed by atoms with van der Waals surface area (Å²) < 4.78 is 138. The highest BCUT2D eigenvalue weighted by Gasteiger charge is 2.35. The zero-order valence-electron chi connectivity index (χ0n) is 36.6. The maximum Gasteiger partial charge on any atom is 0.431 e. The average Bonchev–Trinajstić information content (AvgIpc) is 3.18. The van der Waals surface area contributed by atoms with Crippen LogP contribution in [0.3, 0.4) is 0 Å². The van der Waals surface area contributed by atoms with E-state index in [1.807, 2.05) is 5.32 Å². The van der Waals surface area contributed by atoms with Gasteiger partial charge in [-0.1, -0.05) is 23.7 Å². The predicted octanol–water partition coefficient (Wildman–Crippen LogP) is 3.32. The lowest BCUT2D eigenvalue weighted by molar-refractivity contribution is -0.193. The van der Waals surface area contributed by atoms with Crippen LogP contribution in [0.15, 0.2) is 69.1 Å². The lowest BCUT2D eigenvalue weighted by Gasteiger charge is -2.15. The van der Waals surface area contributed by atoms with Crippen LogP contribution in [0, 0.1) is 0 Å². The molecule has 0 bridgehead atoms. The third-order valence-corrected chi connectivity index (χ3v) is 9.27. The number of hydrogen-bond acceptors (Lipinski definition) is 16. The van der Waals surface area contributed by atoms with Crippen LogP contribution in [0.2, 0.25) is 5.02 Å². The zero-order valence-corrected chi connectivity index (χ0v) is 39.9. The van der Waals surface area contributed by atoms with Crippen LogP contribution < -0.4 is 41.0 Å². The van der Waals surface area contributed by atoms with Gasteiger partial charge in [0.2, 0.25) is 17.7 Å². The van der Waals surface area contributed by atoms with E-state index in [0.717, 1.165) is 25.2 Å². The molecule has 1 atom stereocenters. The van der Waals surface area contributed by atoms with Gasteiger partial charge in [0, 0.05) is 13.1 Å². The Morgan fingerprint density at radius 1 is 0.914 bits per heavy atom. The molecule has 0 aliphatic rings. The van der Waals surface area contributed by atoms with E-state index >= 15 is 0 Å². The van der Waals surface area contributed by atoms with Crippen molar-refractivity contribution in [2.75, 3.05) is 36.9 Å². The molecule has 0 radical (unpaired) electrons. The number of halogens is 8. The molecule has 0 aliphatic heterocycles. The molecule has 23 nitrogen and oxygen atoms in total. The van der Waals surface area contributed by atoms with Crippen molar-refractivity contribution in [2.24, 2.45) is 7.05 Å². The highest BCUT2D eigenvalue weighted by Crippen LogP contribution is 2.28.